The summed E-state index contributed by atoms with van der Waals surface area (Å²) in [5, 5.41) is 15.3. The van der Waals surface area contributed by atoms with E-state index in [9.17, 15) is 19.3 Å². The number of carbonyl (C=O) groups is 1. The first-order valence-electron chi connectivity index (χ1n) is 6.09. The van der Waals surface area contributed by atoms with Gasteiger partial charge in [-0.3, -0.25) is 10.1 Å². The lowest BCUT2D eigenvalue weighted by Crippen LogP contribution is -2.28. The van der Waals surface area contributed by atoms with E-state index in [0.717, 1.165) is 23.8 Å². The van der Waals surface area contributed by atoms with Gasteiger partial charge in [0.15, 0.2) is 5.82 Å². The van der Waals surface area contributed by atoms with Crippen molar-refractivity contribution in [2.45, 2.75) is 6.54 Å². The molecule has 2 aromatic carbocycles. The van der Waals surface area contributed by atoms with Crippen molar-refractivity contribution in [1.82, 2.24) is 5.32 Å². The maximum absolute atomic E-state index is 13.6. The maximum Gasteiger partial charge on any atom is 0.319 e. The van der Waals surface area contributed by atoms with E-state index in [1.807, 2.05) is 30.3 Å². The Labute approximate surface area is 119 Å². The average molecular weight is 289 g/mol. The highest BCUT2D eigenvalue weighted by Crippen LogP contribution is 2.20. The van der Waals surface area contributed by atoms with Gasteiger partial charge in [-0.25, -0.2) is 9.18 Å². The minimum atomic E-state index is -0.862. The number of nitrogens with zero attached hydrogens (tertiary/aromatic N) is 1. The largest absolute Gasteiger partial charge is 0.334 e. The average Bonchev–Trinajstić information content (AvgIpc) is 2.48. The quantitative estimate of drug-likeness (QED) is 0.670. The van der Waals surface area contributed by atoms with Crippen molar-refractivity contribution in [1.29, 1.82) is 0 Å². The van der Waals surface area contributed by atoms with Crippen LogP contribution in [0.2, 0.25) is 0 Å². The Morgan fingerprint density at radius 2 is 1.90 bits per heavy atom. The van der Waals surface area contributed by atoms with Crippen LogP contribution in [0.25, 0.3) is 0 Å². The number of amides is 2. The highest BCUT2D eigenvalue weighted by Gasteiger charge is 2.12. The molecule has 2 N–H and O–H groups in total. The number of nitro benzene ring substituents is 1. The molecule has 6 nitrogen and oxygen atoms in total. The van der Waals surface area contributed by atoms with Crippen molar-refractivity contribution in [2.24, 2.45) is 0 Å². The van der Waals surface area contributed by atoms with Gasteiger partial charge in [-0.05, 0) is 11.6 Å². The molecule has 2 aromatic rings. The predicted octanol–water partition coefficient (Wildman–Crippen LogP) is 3.06. The van der Waals surface area contributed by atoms with Crippen LogP contribution >= 0.6 is 0 Å². The Kier molecular flexibility index (Phi) is 4.45. The summed E-state index contributed by atoms with van der Waals surface area (Å²) in [7, 11) is 0. The van der Waals surface area contributed by atoms with Crippen LogP contribution in [0.3, 0.4) is 0 Å². The molecule has 0 aliphatic rings. The molecule has 0 aliphatic carbocycles. The van der Waals surface area contributed by atoms with Crippen molar-refractivity contribution < 1.29 is 14.1 Å². The van der Waals surface area contributed by atoms with Crippen LogP contribution in [0.5, 0.6) is 0 Å². The van der Waals surface area contributed by atoms with E-state index in [2.05, 4.69) is 10.6 Å². The summed E-state index contributed by atoms with van der Waals surface area (Å²) in [6, 6.07) is 11.6. The van der Waals surface area contributed by atoms with Crippen LogP contribution in [0.1, 0.15) is 5.56 Å². The molecule has 21 heavy (non-hydrogen) atoms. The van der Waals surface area contributed by atoms with Crippen molar-refractivity contribution in [3.05, 3.63) is 70.0 Å². The standard InChI is InChI=1S/C14H12FN3O3/c15-12-8-11(18(20)21)6-7-13(12)17-14(19)16-9-10-4-2-1-3-5-10/h1-8H,9H2,(H2,16,17,19). The SMILES string of the molecule is O=C(NCc1ccccc1)Nc1ccc([N+](=O)[O-])cc1F. The molecule has 7 heteroatoms. The summed E-state index contributed by atoms with van der Waals surface area (Å²) in [5.74, 6) is -0.862. The fourth-order valence-corrected chi connectivity index (χ4v) is 1.66. The van der Waals surface area contributed by atoms with Gasteiger partial charge in [0, 0.05) is 12.6 Å². The molecule has 2 rings (SSSR count). The number of carbonyl (C=O) groups excluding carboxylic acids is 1. The molecule has 0 radical (unpaired) electrons. The minimum Gasteiger partial charge on any atom is -0.334 e. The molecule has 2 amide bonds. The van der Waals surface area contributed by atoms with Crippen molar-refractivity contribution in [3.8, 4) is 0 Å². The van der Waals surface area contributed by atoms with Gasteiger partial charge in [0.2, 0.25) is 0 Å². The van der Waals surface area contributed by atoms with Gasteiger partial charge in [-0.15, -0.1) is 0 Å². The Morgan fingerprint density at radius 1 is 1.19 bits per heavy atom. The lowest BCUT2D eigenvalue weighted by Gasteiger charge is -2.08. The topological polar surface area (TPSA) is 84.3 Å². The van der Waals surface area contributed by atoms with Gasteiger partial charge >= 0.3 is 6.03 Å². The minimum absolute atomic E-state index is 0.119. The van der Waals surface area contributed by atoms with E-state index >= 15 is 0 Å². The molecule has 0 bridgehead atoms. The Balaban J connectivity index is 1.95. The highest BCUT2D eigenvalue weighted by molar-refractivity contribution is 5.89. The summed E-state index contributed by atoms with van der Waals surface area (Å²) >= 11 is 0. The zero-order valence-corrected chi connectivity index (χ0v) is 10.9. The molecule has 0 spiro atoms. The zero-order valence-electron chi connectivity index (χ0n) is 10.9. The fraction of sp³-hybridized carbons (Fsp3) is 0.0714. The van der Waals surface area contributed by atoms with Crippen LogP contribution in [0, 0.1) is 15.9 Å². The number of hydrogen-bond acceptors (Lipinski definition) is 3. The van der Waals surface area contributed by atoms with Crippen molar-refractivity contribution in [3.63, 3.8) is 0 Å². The molecule has 0 unspecified atom stereocenters. The third-order valence-corrected chi connectivity index (χ3v) is 2.71. The number of anilines is 1. The van der Waals surface area contributed by atoms with Gasteiger partial charge in [0.05, 0.1) is 16.7 Å². The van der Waals surface area contributed by atoms with Gasteiger partial charge in [-0.1, -0.05) is 30.3 Å². The van der Waals surface area contributed by atoms with E-state index in [-0.39, 0.29) is 11.4 Å². The van der Waals surface area contributed by atoms with Crippen molar-refractivity contribution >= 4 is 17.4 Å². The molecular formula is C14H12FN3O3. The summed E-state index contributed by atoms with van der Waals surface area (Å²) in [5.41, 5.74) is 0.408. The third-order valence-electron chi connectivity index (χ3n) is 2.71. The molecule has 0 saturated heterocycles. The van der Waals surface area contributed by atoms with E-state index < -0.39 is 16.8 Å². The van der Waals surface area contributed by atoms with Gasteiger partial charge < -0.3 is 10.6 Å². The van der Waals surface area contributed by atoms with Crippen LogP contribution in [0.15, 0.2) is 48.5 Å². The van der Waals surface area contributed by atoms with Crippen LogP contribution in [-0.2, 0) is 6.54 Å². The van der Waals surface area contributed by atoms with E-state index in [1.165, 1.54) is 0 Å². The molecule has 0 saturated carbocycles. The van der Waals surface area contributed by atoms with Gasteiger partial charge in [0.25, 0.3) is 5.69 Å². The molecule has 0 atom stereocenters. The number of rotatable bonds is 4. The second kappa shape index (κ2) is 6.47. The van der Waals surface area contributed by atoms with Crippen LogP contribution in [-0.4, -0.2) is 11.0 Å². The Hall–Kier alpha value is -2.96. The summed E-state index contributed by atoms with van der Waals surface area (Å²) in [6.45, 7) is 0.293. The number of hydrogen-bond donors (Lipinski definition) is 2. The fourth-order valence-electron chi connectivity index (χ4n) is 1.66. The number of benzene rings is 2. The Morgan fingerprint density at radius 3 is 2.52 bits per heavy atom. The van der Waals surface area contributed by atoms with E-state index in [1.54, 1.807) is 0 Å². The lowest BCUT2D eigenvalue weighted by molar-refractivity contribution is -0.385. The van der Waals surface area contributed by atoms with E-state index in [4.69, 9.17) is 0 Å². The van der Waals surface area contributed by atoms with Crippen molar-refractivity contribution in [2.75, 3.05) is 5.32 Å². The Bertz CT molecular complexity index is 662. The predicted molar refractivity (Wildman–Crippen MR) is 75.4 cm³/mol. The van der Waals surface area contributed by atoms with Crippen LogP contribution in [0.4, 0.5) is 20.6 Å². The summed E-state index contributed by atoms with van der Waals surface area (Å²) < 4.78 is 13.6. The summed E-state index contributed by atoms with van der Waals surface area (Å²) in [4.78, 5) is 21.4. The first-order valence-corrected chi connectivity index (χ1v) is 6.09. The highest BCUT2D eigenvalue weighted by atomic mass is 19.1. The number of urea groups is 1. The molecule has 0 aromatic heterocycles. The number of nitrogens with one attached hydrogen (secondary N) is 2. The molecule has 108 valence electrons. The zero-order chi connectivity index (χ0) is 15.2. The van der Waals surface area contributed by atoms with Gasteiger partial charge in [-0.2, -0.15) is 0 Å². The van der Waals surface area contributed by atoms with E-state index in [0.29, 0.717) is 6.54 Å². The normalized spacial score (nSPS) is 9.95. The first-order chi connectivity index (χ1) is 10.1. The third kappa shape index (κ3) is 4.00. The first kappa shape index (κ1) is 14.4. The van der Waals surface area contributed by atoms with Gasteiger partial charge in [0.1, 0.15) is 0 Å². The molecule has 0 aliphatic heterocycles. The summed E-state index contributed by atoms with van der Waals surface area (Å²) in [6.07, 6.45) is 0. The lowest BCUT2D eigenvalue weighted by atomic mass is 10.2. The maximum atomic E-state index is 13.6. The number of nitro groups is 1. The molecule has 0 heterocycles. The smallest absolute Gasteiger partial charge is 0.319 e. The molecular weight excluding hydrogens is 277 g/mol. The van der Waals surface area contributed by atoms with Crippen LogP contribution < -0.4 is 10.6 Å². The number of non-ortho nitro benzene ring substituents is 1. The molecule has 0 fully saturated rings. The number of halogens is 1. The monoisotopic (exact) mass is 289 g/mol. The second-order valence-electron chi connectivity index (χ2n) is 4.21. The second-order valence-corrected chi connectivity index (χ2v) is 4.21.